The summed E-state index contributed by atoms with van der Waals surface area (Å²) in [5, 5.41) is 3.57. The lowest BCUT2D eigenvalue weighted by atomic mass is 10.2. The average Bonchev–Trinajstić information content (AvgIpc) is 2.55. The standard InChI is InChI=1S/C18H19ClFNO2/c1-3-8-21-11-13-4-7-17(18(9-13)22-2)23-12-14-5-6-15(20)10-16(14)19/h3-7,9-10,21H,1,8,11-12H2,2H3. The molecule has 0 atom stereocenters. The molecular weight excluding hydrogens is 317 g/mol. The molecule has 0 spiro atoms. The summed E-state index contributed by atoms with van der Waals surface area (Å²) in [5.41, 5.74) is 1.79. The summed E-state index contributed by atoms with van der Waals surface area (Å²) >= 11 is 6.00. The number of halogens is 2. The highest BCUT2D eigenvalue weighted by Gasteiger charge is 2.08. The monoisotopic (exact) mass is 335 g/mol. The molecule has 0 aliphatic carbocycles. The first kappa shape index (κ1) is 17.3. The summed E-state index contributed by atoms with van der Waals surface area (Å²) in [6.45, 7) is 5.36. The van der Waals surface area contributed by atoms with Crippen LogP contribution in [0.15, 0.2) is 49.1 Å². The molecule has 2 rings (SSSR count). The van der Waals surface area contributed by atoms with Gasteiger partial charge in [0.1, 0.15) is 12.4 Å². The quantitative estimate of drug-likeness (QED) is 0.575. The number of hydrogen-bond acceptors (Lipinski definition) is 3. The van der Waals surface area contributed by atoms with E-state index in [0.29, 0.717) is 28.6 Å². The van der Waals surface area contributed by atoms with Gasteiger partial charge in [0, 0.05) is 18.7 Å². The fourth-order valence-corrected chi connectivity index (χ4v) is 2.28. The van der Waals surface area contributed by atoms with E-state index in [0.717, 1.165) is 12.1 Å². The minimum absolute atomic E-state index is 0.240. The van der Waals surface area contributed by atoms with E-state index in [4.69, 9.17) is 21.1 Å². The van der Waals surface area contributed by atoms with Crippen molar-refractivity contribution in [2.45, 2.75) is 13.2 Å². The first-order valence-electron chi connectivity index (χ1n) is 7.19. The molecular formula is C18H19ClFNO2. The normalized spacial score (nSPS) is 10.4. The van der Waals surface area contributed by atoms with E-state index < -0.39 is 0 Å². The van der Waals surface area contributed by atoms with Gasteiger partial charge in [-0.25, -0.2) is 4.39 Å². The molecule has 1 N–H and O–H groups in total. The molecule has 0 aliphatic rings. The Bertz CT molecular complexity index is 676. The third-order valence-corrected chi connectivity index (χ3v) is 3.60. The van der Waals surface area contributed by atoms with Gasteiger partial charge in [0.25, 0.3) is 0 Å². The van der Waals surface area contributed by atoms with Crippen LogP contribution in [0.2, 0.25) is 5.02 Å². The van der Waals surface area contributed by atoms with Gasteiger partial charge in [-0.2, -0.15) is 0 Å². The number of ether oxygens (including phenoxy) is 2. The van der Waals surface area contributed by atoms with Gasteiger partial charge in [-0.05, 0) is 29.8 Å². The van der Waals surface area contributed by atoms with Gasteiger partial charge in [-0.3, -0.25) is 0 Å². The van der Waals surface area contributed by atoms with E-state index in [1.165, 1.54) is 12.1 Å². The zero-order valence-corrected chi connectivity index (χ0v) is 13.7. The van der Waals surface area contributed by atoms with Crippen LogP contribution in [0.3, 0.4) is 0 Å². The Hall–Kier alpha value is -2.04. The fraction of sp³-hybridized carbons (Fsp3) is 0.222. The Morgan fingerprint density at radius 2 is 2.04 bits per heavy atom. The Balaban J connectivity index is 2.05. The molecule has 0 bridgehead atoms. The molecule has 0 aromatic heterocycles. The van der Waals surface area contributed by atoms with Crippen LogP contribution < -0.4 is 14.8 Å². The van der Waals surface area contributed by atoms with Crippen LogP contribution in [-0.2, 0) is 13.2 Å². The minimum atomic E-state index is -0.368. The van der Waals surface area contributed by atoms with Crippen molar-refractivity contribution in [3.63, 3.8) is 0 Å². The SMILES string of the molecule is C=CCNCc1ccc(OCc2ccc(F)cc2Cl)c(OC)c1. The number of nitrogens with one attached hydrogen (secondary N) is 1. The Kier molecular flexibility index (Phi) is 6.44. The van der Waals surface area contributed by atoms with Gasteiger partial charge >= 0.3 is 0 Å². The summed E-state index contributed by atoms with van der Waals surface area (Å²) in [4.78, 5) is 0. The van der Waals surface area contributed by atoms with Gasteiger partial charge < -0.3 is 14.8 Å². The van der Waals surface area contributed by atoms with Crippen LogP contribution >= 0.6 is 11.6 Å². The minimum Gasteiger partial charge on any atom is -0.493 e. The molecule has 0 amide bonds. The second-order valence-corrected chi connectivity index (χ2v) is 5.34. The van der Waals surface area contributed by atoms with Crippen molar-refractivity contribution in [2.24, 2.45) is 0 Å². The highest BCUT2D eigenvalue weighted by atomic mass is 35.5. The molecule has 0 radical (unpaired) electrons. The molecule has 0 heterocycles. The van der Waals surface area contributed by atoms with Gasteiger partial charge in [0.05, 0.1) is 12.1 Å². The third-order valence-electron chi connectivity index (χ3n) is 3.24. The molecule has 122 valence electrons. The van der Waals surface area contributed by atoms with Crippen LogP contribution in [0.1, 0.15) is 11.1 Å². The molecule has 0 saturated carbocycles. The van der Waals surface area contributed by atoms with E-state index in [1.807, 2.05) is 18.2 Å². The summed E-state index contributed by atoms with van der Waals surface area (Å²) in [6, 6.07) is 9.96. The lowest BCUT2D eigenvalue weighted by Gasteiger charge is -2.13. The first-order chi connectivity index (χ1) is 11.1. The van der Waals surface area contributed by atoms with Gasteiger partial charge in [0.2, 0.25) is 0 Å². The van der Waals surface area contributed by atoms with E-state index in [9.17, 15) is 4.39 Å². The predicted octanol–water partition coefficient (Wildman–Crippen LogP) is 4.34. The molecule has 0 saturated heterocycles. The number of benzene rings is 2. The molecule has 0 unspecified atom stereocenters. The summed E-state index contributed by atoms with van der Waals surface area (Å²) in [7, 11) is 1.59. The van der Waals surface area contributed by atoms with E-state index in [-0.39, 0.29) is 12.4 Å². The zero-order chi connectivity index (χ0) is 16.7. The number of methoxy groups -OCH3 is 1. The maximum absolute atomic E-state index is 13.0. The lowest BCUT2D eigenvalue weighted by Crippen LogP contribution is -2.12. The van der Waals surface area contributed by atoms with Crippen molar-refractivity contribution in [3.05, 3.63) is 71.0 Å². The van der Waals surface area contributed by atoms with Crippen LogP contribution in [0.25, 0.3) is 0 Å². The van der Waals surface area contributed by atoms with Crippen molar-refractivity contribution in [3.8, 4) is 11.5 Å². The summed E-state index contributed by atoms with van der Waals surface area (Å²) < 4.78 is 24.2. The third kappa shape index (κ3) is 4.98. The average molecular weight is 336 g/mol. The van der Waals surface area contributed by atoms with Crippen molar-refractivity contribution >= 4 is 11.6 Å². The summed E-state index contributed by atoms with van der Waals surface area (Å²) in [6.07, 6.45) is 1.81. The van der Waals surface area contributed by atoms with E-state index in [1.54, 1.807) is 19.3 Å². The van der Waals surface area contributed by atoms with E-state index >= 15 is 0 Å². The number of hydrogen-bond donors (Lipinski definition) is 1. The van der Waals surface area contributed by atoms with Crippen LogP contribution in [-0.4, -0.2) is 13.7 Å². The molecule has 3 nitrogen and oxygen atoms in total. The van der Waals surface area contributed by atoms with Crippen molar-refractivity contribution in [1.29, 1.82) is 0 Å². The highest BCUT2D eigenvalue weighted by molar-refractivity contribution is 6.31. The van der Waals surface area contributed by atoms with Crippen LogP contribution in [0, 0.1) is 5.82 Å². The zero-order valence-electron chi connectivity index (χ0n) is 12.9. The van der Waals surface area contributed by atoms with Crippen molar-refractivity contribution < 1.29 is 13.9 Å². The van der Waals surface area contributed by atoms with Crippen molar-refractivity contribution in [2.75, 3.05) is 13.7 Å². The molecule has 5 heteroatoms. The molecule has 0 aliphatic heterocycles. The Morgan fingerprint density at radius 3 is 2.74 bits per heavy atom. The molecule has 2 aromatic rings. The van der Waals surface area contributed by atoms with Crippen molar-refractivity contribution in [1.82, 2.24) is 5.32 Å². The van der Waals surface area contributed by atoms with Crippen LogP contribution in [0.5, 0.6) is 11.5 Å². The number of rotatable bonds is 8. The topological polar surface area (TPSA) is 30.5 Å². The van der Waals surface area contributed by atoms with Gasteiger partial charge in [-0.15, -0.1) is 6.58 Å². The van der Waals surface area contributed by atoms with Gasteiger partial charge in [-0.1, -0.05) is 29.8 Å². The Morgan fingerprint density at radius 1 is 1.22 bits per heavy atom. The molecule has 23 heavy (non-hydrogen) atoms. The maximum atomic E-state index is 13.0. The molecule has 2 aromatic carbocycles. The lowest BCUT2D eigenvalue weighted by molar-refractivity contribution is 0.284. The fourth-order valence-electron chi connectivity index (χ4n) is 2.05. The largest absolute Gasteiger partial charge is 0.493 e. The second-order valence-electron chi connectivity index (χ2n) is 4.93. The highest BCUT2D eigenvalue weighted by Crippen LogP contribution is 2.29. The maximum Gasteiger partial charge on any atom is 0.161 e. The Labute approximate surface area is 140 Å². The van der Waals surface area contributed by atoms with E-state index in [2.05, 4.69) is 11.9 Å². The van der Waals surface area contributed by atoms with Gasteiger partial charge in [0.15, 0.2) is 11.5 Å². The van der Waals surface area contributed by atoms with Crippen LogP contribution in [0.4, 0.5) is 4.39 Å². The summed E-state index contributed by atoms with van der Waals surface area (Å²) in [5.74, 6) is 0.884. The first-order valence-corrected chi connectivity index (χ1v) is 7.57. The predicted molar refractivity (Wildman–Crippen MR) is 90.6 cm³/mol. The second kappa shape index (κ2) is 8.56. The molecule has 0 fully saturated rings. The smallest absolute Gasteiger partial charge is 0.161 e.